The fourth-order valence-corrected chi connectivity index (χ4v) is 0.584. The fourth-order valence-electron chi connectivity index (χ4n) is 0.584. The van der Waals surface area contributed by atoms with Crippen LogP contribution in [0.5, 0.6) is 0 Å². The summed E-state index contributed by atoms with van der Waals surface area (Å²) in [5.74, 6) is 0.980. The van der Waals surface area contributed by atoms with Gasteiger partial charge in [0.1, 0.15) is 0 Å². The SMILES string of the molecule is CC(C)[C@@H](C)/C=C/C[N+](=O)[O-]. The van der Waals surface area contributed by atoms with Crippen molar-refractivity contribution in [1.82, 2.24) is 0 Å². The summed E-state index contributed by atoms with van der Waals surface area (Å²) in [5, 5.41) is 9.90. The van der Waals surface area contributed by atoms with Gasteiger partial charge in [-0.2, -0.15) is 0 Å². The summed E-state index contributed by atoms with van der Waals surface area (Å²) in [5.41, 5.74) is 0. The summed E-state index contributed by atoms with van der Waals surface area (Å²) in [7, 11) is 0. The third kappa shape index (κ3) is 5.58. The minimum atomic E-state index is -0.330. The standard InChI is InChI=1S/C8H15NO2/c1-7(2)8(3)5-4-6-9(10)11/h4-5,7-8H,6H2,1-3H3/b5-4+/t8-/m0/s1. The summed E-state index contributed by atoms with van der Waals surface area (Å²) in [6.45, 7) is 6.19. The molecule has 3 heteroatoms. The second-order valence-electron chi connectivity index (χ2n) is 3.05. The number of nitro groups is 1. The van der Waals surface area contributed by atoms with Gasteiger partial charge in [-0.05, 0) is 17.9 Å². The summed E-state index contributed by atoms with van der Waals surface area (Å²) in [6, 6.07) is 0. The van der Waals surface area contributed by atoms with Crippen LogP contribution in [-0.2, 0) is 0 Å². The van der Waals surface area contributed by atoms with E-state index < -0.39 is 0 Å². The van der Waals surface area contributed by atoms with E-state index in [0.717, 1.165) is 0 Å². The number of hydrogen-bond acceptors (Lipinski definition) is 2. The smallest absolute Gasteiger partial charge is 0.222 e. The molecule has 0 aliphatic rings. The molecule has 0 aromatic rings. The molecule has 0 bridgehead atoms. The van der Waals surface area contributed by atoms with Gasteiger partial charge in [-0.15, -0.1) is 0 Å². The van der Waals surface area contributed by atoms with Crippen LogP contribution in [-0.4, -0.2) is 11.5 Å². The molecule has 0 aromatic carbocycles. The van der Waals surface area contributed by atoms with Gasteiger partial charge < -0.3 is 0 Å². The Balaban J connectivity index is 3.65. The Hall–Kier alpha value is -0.860. The second-order valence-corrected chi connectivity index (χ2v) is 3.05. The van der Waals surface area contributed by atoms with Gasteiger partial charge in [-0.3, -0.25) is 10.1 Å². The molecule has 0 fully saturated rings. The Kier molecular flexibility index (Phi) is 4.50. The van der Waals surface area contributed by atoms with Gasteiger partial charge in [0, 0.05) is 4.92 Å². The van der Waals surface area contributed by atoms with Crippen molar-refractivity contribution in [3.05, 3.63) is 22.3 Å². The zero-order valence-corrected chi connectivity index (χ0v) is 7.28. The molecule has 0 radical (unpaired) electrons. The van der Waals surface area contributed by atoms with Crippen molar-refractivity contribution in [3.63, 3.8) is 0 Å². The number of allylic oxidation sites excluding steroid dienone is 1. The first-order chi connectivity index (χ1) is 5.04. The summed E-state index contributed by atoms with van der Waals surface area (Å²) >= 11 is 0. The Labute approximate surface area is 67.3 Å². The van der Waals surface area contributed by atoms with E-state index in [1.54, 1.807) is 6.08 Å². The Morgan fingerprint density at radius 3 is 2.36 bits per heavy atom. The van der Waals surface area contributed by atoms with Crippen LogP contribution in [0.4, 0.5) is 0 Å². The molecule has 3 nitrogen and oxygen atoms in total. The third-order valence-electron chi connectivity index (χ3n) is 1.75. The van der Waals surface area contributed by atoms with Gasteiger partial charge in [-0.1, -0.05) is 26.8 Å². The lowest BCUT2D eigenvalue weighted by Crippen LogP contribution is -2.01. The van der Waals surface area contributed by atoms with E-state index in [4.69, 9.17) is 0 Å². The van der Waals surface area contributed by atoms with Crippen LogP contribution >= 0.6 is 0 Å². The monoisotopic (exact) mass is 157 g/mol. The first kappa shape index (κ1) is 10.1. The quantitative estimate of drug-likeness (QED) is 0.356. The average molecular weight is 157 g/mol. The maximum atomic E-state index is 9.90. The lowest BCUT2D eigenvalue weighted by Gasteiger charge is -2.08. The highest BCUT2D eigenvalue weighted by Crippen LogP contribution is 2.10. The van der Waals surface area contributed by atoms with E-state index in [1.807, 2.05) is 6.08 Å². The van der Waals surface area contributed by atoms with Crippen molar-refractivity contribution < 1.29 is 4.92 Å². The molecule has 0 spiro atoms. The number of hydrogen-bond donors (Lipinski definition) is 0. The molecule has 0 saturated heterocycles. The normalized spacial score (nSPS) is 14.2. The minimum absolute atomic E-state index is 0.0585. The van der Waals surface area contributed by atoms with E-state index >= 15 is 0 Å². The highest BCUT2D eigenvalue weighted by atomic mass is 16.6. The molecule has 0 saturated carbocycles. The van der Waals surface area contributed by atoms with E-state index in [0.29, 0.717) is 11.8 Å². The summed E-state index contributed by atoms with van der Waals surface area (Å²) in [6.07, 6.45) is 3.51. The van der Waals surface area contributed by atoms with E-state index in [9.17, 15) is 10.1 Å². The Bertz CT molecular complexity index is 152. The van der Waals surface area contributed by atoms with Crippen LogP contribution in [0.25, 0.3) is 0 Å². The molecule has 0 unspecified atom stereocenters. The predicted octanol–water partition coefficient (Wildman–Crippen LogP) is 2.11. The molecule has 0 aliphatic heterocycles. The largest absolute Gasteiger partial charge is 0.264 e. The van der Waals surface area contributed by atoms with E-state index in [2.05, 4.69) is 20.8 Å². The Morgan fingerprint density at radius 2 is 2.00 bits per heavy atom. The molecule has 0 heterocycles. The zero-order chi connectivity index (χ0) is 8.85. The molecule has 0 N–H and O–H groups in total. The highest BCUT2D eigenvalue weighted by molar-refractivity contribution is 4.87. The second kappa shape index (κ2) is 4.88. The van der Waals surface area contributed by atoms with E-state index in [-0.39, 0.29) is 11.5 Å². The van der Waals surface area contributed by atoms with Crippen LogP contribution in [0, 0.1) is 22.0 Å². The predicted molar refractivity (Wildman–Crippen MR) is 45.0 cm³/mol. The van der Waals surface area contributed by atoms with E-state index in [1.165, 1.54) is 0 Å². The number of nitrogens with zero attached hydrogens (tertiary/aromatic N) is 1. The average Bonchev–Trinajstić information content (AvgIpc) is 1.86. The van der Waals surface area contributed by atoms with Gasteiger partial charge in [-0.25, -0.2) is 0 Å². The van der Waals surface area contributed by atoms with Gasteiger partial charge in [0.05, 0.1) is 0 Å². The fraction of sp³-hybridized carbons (Fsp3) is 0.750. The first-order valence-corrected chi connectivity index (χ1v) is 3.82. The highest BCUT2D eigenvalue weighted by Gasteiger charge is 2.01. The minimum Gasteiger partial charge on any atom is -0.264 e. The number of rotatable bonds is 4. The molecule has 0 aromatic heterocycles. The first-order valence-electron chi connectivity index (χ1n) is 3.82. The zero-order valence-electron chi connectivity index (χ0n) is 7.28. The molecular weight excluding hydrogens is 142 g/mol. The van der Waals surface area contributed by atoms with Crippen LogP contribution < -0.4 is 0 Å². The molecule has 11 heavy (non-hydrogen) atoms. The summed E-state index contributed by atoms with van der Waals surface area (Å²) in [4.78, 5) is 9.58. The van der Waals surface area contributed by atoms with Gasteiger partial charge in [0.25, 0.3) is 0 Å². The topological polar surface area (TPSA) is 43.1 Å². The molecule has 0 amide bonds. The Morgan fingerprint density at radius 1 is 1.45 bits per heavy atom. The van der Waals surface area contributed by atoms with Crippen LogP contribution in [0.2, 0.25) is 0 Å². The maximum Gasteiger partial charge on any atom is 0.222 e. The molecule has 1 atom stereocenters. The van der Waals surface area contributed by atoms with Crippen molar-refractivity contribution in [2.24, 2.45) is 11.8 Å². The lowest BCUT2D eigenvalue weighted by atomic mass is 9.98. The van der Waals surface area contributed by atoms with Gasteiger partial charge in [0.2, 0.25) is 6.54 Å². The maximum absolute atomic E-state index is 9.90. The molecular formula is C8H15NO2. The van der Waals surface area contributed by atoms with Crippen LogP contribution in [0.15, 0.2) is 12.2 Å². The summed E-state index contributed by atoms with van der Waals surface area (Å²) < 4.78 is 0. The van der Waals surface area contributed by atoms with Crippen LogP contribution in [0.3, 0.4) is 0 Å². The van der Waals surface area contributed by atoms with Crippen molar-refractivity contribution in [1.29, 1.82) is 0 Å². The molecule has 0 aliphatic carbocycles. The van der Waals surface area contributed by atoms with Gasteiger partial charge in [0.15, 0.2) is 0 Å². The third-order valence-corrected chi connectivity index (χ3v) is 1.75. The van der Waals surface area contributed by atoms with Crippen LogP contribution in [0.1, 0.15) is 20.8 Å². The van der Waals surface area contributed by atoms with Gasteiger partial charge >= 0.3 is 0 Å². The van der Waals surface area contributed by atoms with Crippen molar-refractivity contribution >= 4 is 0 Å². The van der Waals surface area contributed by atoms with Crippen molar-refractivity contribution in [3.8, 4) is 0 Å². The molecule has 0 rings (SSSR count). The van der Waals surface area contributed by atoms with Crippen molar-refractivity contribution in [2.75, 3.05) is 6.54 Å². The lowest BCUT2D eigenvalue weighted by molar-refractivity contribution is -0.468. The van der Waals surface area contributed by atoms with Crippen molar-refractivity contribution in [2.45, 2.75) is 20.8 Å². The molecule has 64 valence electrons.